The zero-order chi connectivity index (χ0) is 27.5. The van der Waals surface area contributed by atoms with Crippen molar-refractivity contribution in [2.24, 2.45) is 0 Å². The van der Waals surface area contributed by atoms with Gasteiger partial charge in [-0.2, -0.15) is 0 Å². The van der Waals surface area contributed by atoms with E-state index in [1.807, 2.05) is 0 Å². The average Bonchev–Trinajstić information content (AvgIpc) is 2.74. The van der Waals surface area contributed by atoms with Crippen LogP contribution in [0, 0.1) is 0 Å². The number of halogens is 1. The van der Waals surface area contributed by atoms with Crippen LogP contribution in [-0.4, -0.2) is 61.8 Å². The van der Waals surface area contributed by atoms with E-state index >= 15 is 0 Å². The standard InChI is InChI=1S/C27H59BrO4Si3/c1-14-35(15-2,16-3)32-25(19-23(4)21-28)20-26(30-22-29-17-18-33(9,10)11)24(5)31-34(12,13)27(6,7)8/h24-26H,4,14-22H2,1-3,5-13H3/t24-,25+,26-/m1/s1. The van der Waals surface area contributed by atoms with Crippen LogP contribution < -0.4 is 0 Å². The van der Waals surface area contributed by atoms with Crippen molar-refractivity contribution in [3.05, 3.63) is 12.2 Å². The van der Waals surface area contributed by atoms with Crippen LogP contribution in [0.25, 0.3) is 0 Å². The molecule has 0 unspecified atom stereocenters. The summed E-state index contributed by atoms with van der Waals surface area (Å²) >= 11 is 3.60. The van der Waals surface area contributed by atoms with Crippen molar-refractivity contribution >= 4 is 40.6 Å². The second-order valence-electron chi connectivity index (χ2n) is 12.9. The lowest BCUT2D eigenvalue weighted by molar-refractivity contribution is -0.125. The van der Waals surface area contributed by atoms with Crippen LogP contribution in [0.1, 0.15) is 61.3 Å². The van der Waals surface area contributed by atoms with Gasteiger partial charge in [0, 0.05) is 26.4 Å². The Morgan fingerprint density at radius 2 is 1.49 bits per heavy atom. The number of rotatable bonds is 19. The van der Waals surface area contributed by atoms with Gasteiger partial charge in [-0.15, -0.1) is 0 Å². The molecule has 3 atom stereocenters. The van der Waals surface area contributed by atoms with Gasteiger partial charge in [-0.3, -0.25) is 0 Å². The van der Waals surface area contributed by atoms with E-state index in [-0.39, 0.29) is 23.4 Å². The average molecular weight is 612 g/mol. The van der Waals surface area contributed by atoms with E-state index in [1.54, 1.807) is 0 Å². The largest absolute Gasteiger partial charge is 0.414 e. The van der Waals surface area contributed by atoms with E-state index in [0.29, 0.717) is 6.79 Å². The fraction of sp³-hybridized carbons (Fsp3) is 0.926. The van der Waals surface area contributed by atoms with Crippen LogP contribution in [0.3, 0.4) is 0 Å². The first-order chi connectivity index (χ1) is 16.0. The summed E-state index contributed by atoms with van der Waals surface area (Å²) in [4.78, 5) is 0. The van der Waals surface area contributed by atoms with Gasteiger partial charge in [0.2, 0.25) is 0 Å². The van der Waals surface area contributed by atoms with Gasteiger partial charge < -0.3 is 18.3 Å². The minimum atomic E-state index is -1.94. The molecule has 0 heterocycles. The minimum Gasteiger partial charge on any atom is -0.414 e. The zero-order valence-corrected chi connectivity index (χ0v) is 29.9. The molecule has 0 aromatic rings. The molecule has 210 valence electrons. The number of hydrogen-bond donors (Lipinski definition) is 0. The molecule has 4 nitrogen and oxygen atoms in total. The Bertz CT molecular complexity index is 590. The van der Waals surface area contributed by atoms with Crippen molar-refractivity contribution in [3.63, 3.8) is 0 Å². The van der Waals surface area contributed by atoms with Crippen LogP contribution in [0.15, 0.2) is 12.2 Å². The van der Waals surface area contributed by atoms with E-state index < -0.39 is 24.7 Å². The molecule has 0 aromatic heterocycles. The Morgan fingerprint density at radius 3 is 1.91 bits per heavy atom. The fourth-order valence-corrected chi connectivity index (χ4v) is 9.15. The van der Waals surface area contributed by atoms with E-state index in [1.165, 1.54) is 5.57 Å². The van der Waals surface area contributed by atoms with Crippen LogP contribution in [0.4, 0.5) is 0 Å². The Morgan fingerprint density at radius 1 is 0.943 bits per heavy atom. The van der Waals surface area contributed by atoms with Crippen LogP contribution >= 0.6 is 15.9 Å². The minimum absolute atomic E-state index is 0.0271. The third-order valence-corrected chi connectivity index (χ3v) is 19.5. The van der Waals surface area contributed by atoms with Crippen molar-refractivity contribution in [1.82, 2.24) is 0 Å². The van der Waals surface area contributed by atoms with Gasteiger partial charge in [0.25, 0.3) is 0 Å². The van der Waals surface area contributed by atoms with Gasteiger partial charge in [0.1, 0.15) is 6.79 Å². The zero-order valence-electron chi connectivity index (χ0n) is 25.3. The maximum Gasteiger partial charge on any atom is 0.192 e. The summed E-state index contributed by atoms with van der Waals surface area (Å²) in [6, 6.07) is 4.56. The lowest BCUT2D eigenvalue weighted by Crippen LogP contribution is -2.48. The highest BCUT2D eigenvalue weighted by atomic mass is 79.9. The Balaban J connectivity index is 5.70. The summed E-state index contributed by atoms with van der Waals surface area (Å²) in [7, 11) is -4.84. The number of ether oxygens (including phenoxy) is 2. The molecule has 0 saturated carbocycles. The fourth-order valence-electron chi connectivity index (χ4n) is 3.85. The molecule has 0 amide bonds. The van der Waals surface area contributed by atoms with Crippen molar-refractivity contribution in [2.75, 3.05) is 18.7 Å². The molecule has 0 spiro atoms. The van der Waals surface area contributed by atoms with Gasteiger partial charge in [-0.05, 0) is 55.7 Å². The third kappa shape index (κ3) is 13.9. The summed E-state index contributed by atoms with van der Waals surface area (Å²) < 4.78 is 26.2. The van der Waals surface area contributed by atoms with Gasteiger partial charge >= 0.3 is 0 Å². The summed E-state index contributed by atoms with van der Waals surface area (Å²) in [6.07, 6.45) is 1.63. The number of hydrogen-bond acceptors (Lipinski definition) is 4. The Hall–Kier alpha value is 0.711. The highest BCUT2D eigenvalue weighted by Crippen LogP contribution is 2.38. The molecular formula is C27H59BrO4Si3. The molecule has 0 fully saturated rings. The Labute approximate surface area is 230 Å². The van der Waals surface area contributed by atoms with Crippen LogP contribution in [0.2, 0.25) is 61.9 Å². The molecule has 0 aliphatic carbocycles. The lowest BCUT2D eigenvalue weighted by Gasteiger charge is -2.41. The molecular weight excluding hydrogens is 552 g/mol. The number of alkyl halides is 1. The lowest BCUT2D eigenvalue weighted by atomic mass is 10.0. The topological polar surface area (TPSA) is 36.9 Å². The normalized spacial score (nSPS) is 16.3. The maximum absolute atomic E-state index is 7.01. The van der Waals surface area contributed by atoms with Crippen molar-refractivity contribution in [1.29, 1.82) is 0 Å². The molecule has 0 N–H and O–H groups in total. The predicted octanol–water partition coefficient (Wildman–Crippen LogP) is 9.22. The first kappa shape index (κ1) is 35.7. The molecule has 0 aromatic carbocycles. The summed E-state index contributed by atoms with van der Waals surface area (Å²) in [5.74, 6) is 0. The van der Waals surface area contributed by atoms with Crippen LogP contribution in [0.5, 0.6) is 0 Å². The van der Waals surface area contributed by atoms with Crippen molar-refractivity contribution in [2.45, 2.75) is 142 Å². The van der Waals surface area contributed by atoms with Crippen molar-refractivity contribution in [3.8, 4) is 0 Å². The van der Waals surface area contributed by atoms with Crippen molar-refractivity contribution < 1.29 is 18.3 Å². The van der Waals surface area contributed by atoms with E-state index in [4.69, 9.17) is 18.3 Å². The molecule has 35 heavy (non-hydrogen) atoms. The SMILES string of the molecule is C=C(CBr)C[C@@H](C[C@@H](OCOCC[Si](C)(C)C)[C@@H](C)O[Si](C)(C)C(C)(C)C)O[Si](CC)(CC)CC. The van der Waals surface area contributed by atoms with Gasteiger partial charge in [0.05, 0.1) is 18.3 Å². The molecule has 0 saturated heterocycles. The van der Waals surface area contributed by atoms with Gasteiger partial charge in [0.15, 0.2) is 16.6 Å². The quantitative estimate of drug-likeness (QED) is 0.0480. The monoisotopic (exact) mass is 610 g/mol. The predicted molar refractivity (Wildman–Crippen MR) is 166 cm³/mol. The van der Waals surface area contributed by atoms with E-state index in [0.717, 1.165) is 49.0 Å². The molecule has 0 bridgehead atoms. The molecule has 0 rings (SSSR count). The van der Waals surface area contributed by atoms with Crippen LogP contribution in [-0.2, 0) is 18.3 Å². The first-order valence-electron chi connectivity index (χ1n) is 13.7. The summed E-state index contributed by atoms with van der Waals surface area (Å²) in [6.45, 7) is 33.0. The first-order valence-corrected chi connectivity index (χ1v) is 24.0. The van der Waals surface area contributed by atoms with Gasteiger partial charge in [-0.1, -0.05) is 89.3 Å². The van der Waals surface area contributed by atoms with E-state index in [9.17, 15) is 0 Å². The molecule has 8 heteroatoms. The van der Waals surface area contributed by atoms with Gasteiger partial charge in [-0.25, -0.2) is 0 Å². The summed E-state index contributed by atoms with van der Waals surface area (Å²) in [5.41, 5.74) is 1.17. The highest BCUT2D eigenvalue weighted by molar-refractivity contribution is 9.09. The smallest absolute Gasteiger partial charge is 0.192 e. The second-order valence-corrected chi connectivity index (χ2v) is 28.6. The summed E-state index contributed by atoms with van der Waals surface area (Å²) in [5, 5.41) is 0.946. The Kier molecular flexibility index (Phi) is 16.3. The third-order valence-electron chi connectivity index (χ3n) is 7.72. The molecule has 0 aliphatic heterocycles. The molecule has 0 radical (unpaired) electrons. The maximum atomic E-state index is 7.01. The molecule has 0 aliphatic rings. The second kappa shape index (κ2) is 16.0. The highest BCUT2D eigenvalue weighted by Gasteiger charge is 2.41. The van der Waals surface area contributed by atoms with E-state index in [2.05, 4.69) is 104 Å².